The Morgan fingerprint density at radius 2 is 2.20 bits per heavy atom. The molecular weight excluding hydrogens is 210 g/mol. The van der Waals surface area contributed by atoms with Crippen LogP contribution < -0.4 is 4.90 Å². The van der Waals surface area contributed by atoms with E-state index < -0.39 is 0 Å². The molecule has 0 aliphatic carbocycles. The molecule has 1 aromatic rings. The Bertz CT molecular complexity index is 323. The van der Waals surface area contributed by atoms with E-state index in [1.54, 1.807) is 6.07 Å². The lowest BCUT2D eigenvalue weighted by atomic mass is 9.95. The second-order valence-electron chi connectivity index (χ2n) is 4.45. The molecule has 2 rings (SSSR count). The van der Waals surface area contributed by atoms with Gasteiger partial charge in [-0.1, -0.05) is 25.4 Å². The van der Waals surface area contributed by atoms with Crippen molar-refractivity contribution in [3.05, 3.63) is 17.3 Å². The van der Waals surface area contributed by atoms with Crippen LogP contribution in [0, 0.1) is 11.8 Å². The fraction of sp³-hybridized carbons (Fsp3) is 0.636. The average Bonchev–Trinajstić information content (AvgIpc) is 2.68. The zero-order chi connectivity index (χ0) is 10.8. The Balaban J connectivity index is 2.04. The minimum Gasteiger partial charge on any atom is -0.355 e. The second kappa shape index (κ2) is 4.35. The van der Waals surface area contributed by atoms with Gasteiger partial charge in [-0.2, -0.15) is 0 Å². The maximum Gasteiger partial charge on any atom is 0.151 e. The number of hydrogen-bond donors (Lipinski definition) is 0. The van der Waals surface area contributed by atoms with E-state index in [1.165, 1.54) is 6.42 Å². The van der Waals surface area contributed by atoms with Gasteiger partial charge in [0, 0.05) is 13.1 Å². The molecule has 1 aromatic heterocycles. The average molecular weight is 226 g/mol. The Morgan fingerprint density at radius 1 is 1.40 bits per heavy atom. The van der Waals surface area contributed by atoms with Gasteiger partial charge < -0.3 is 4.90 Å². The molecule has 0 unspecified atom stereocenters. The number of rotatable bonds is 2. The van der Waals surface area contributed by atoms with Crippen molar-refractivity contribution in [2.75, 3.05) is 18.0 Å². The molecule has 0 N–H and O–H groups in total. The standard InChI is InChI=1S/C11H16ClN3/c1-8(2)9-5-6-15(7-9)11-4-3-10(12)13-14-11/h3-4,8-9H,5-7H2,1-2H3/t9-/m0/s1. The van der Waals surface area contributed by atoms with Gasteiger partial charge in [0.05, 0.1) is 0 Å². The molecule has 15 heavy (non-hydrogen) atoms. The quantitative estimate of drug-likeness (QED) is 0.775. The van der Waals surface area contributed by atoms with Crippen molar-refractivity contribution in [3.8, 4) is 0 Å². The van der Waals surface area contributed by atoms with Gasteiger partial charge in [-0.15, -0.1) is 10.2 Å². The minimum atomic E-state index is 0.457. The molecule has 0 bridgehead atoms. The predicted molar refractivity (Wildman–Crippen MR) is 62.2 cm³/mol. The molecule has 0 spiro atoms. The highest BCUT2D eigenvalue weighted by atomic mass is 35.5. The van der Waals surface area contributed by atoms with E-state index in [-0.39, 0.29) is 0 Å². The zero-order valence-corrected chi connectivity index (χ0v) is 9.91. The third kappa shape index (κ3) is 2.40. The fourth-order valence-electron chi connectivity index (χ4n) is 2.02. The summed E-state index contributed by atoms with van der Waals surface area (Å²) in [5.74, 6) is 2.47. The molecule has 1 saturated heterocycles. The summed E-state index contributed by atoms with van der Waals surface area (Å²) in [6.07, 6.45) is 1.25. The highest BCUT2D eigenvalue weighted by molar-refractivity contribution is 6.29. The van der Waals surface area contributed by atoms with Crippen LogP contribution in [0.2, 0.25) is 5.15 Å². The van der Waals surface area contributed by atoms with Crippen LogP contribution in [0.1, 0.15) is 20.3 Å². The highest BCUT2D eigenvalue weighted by Crippen LogP contribution is 2.26. The first-order chi connectivity index (χ1) is 7.16. The first-order valence-electron chi connectivity index (χ1n) is 5.41. The minimum absolute atomic E-state index is 0.457. The topological polar surface area (TPSA) is 29.0 Å². The number of nitrogens with zero attached hydrogens (tertiary/aromatic N) is 3. The Labute approximate surface area is 95.5 Å². The van der Waals surface area contributed by atoms with Crippen LogP contribution in [-0.2, 0) is 0 Å². The van der Waals surface area contributed by atoms with Gasteiger partial charge in [0.15, 0.2) is 11.0 Å². The van der Waals surface area contributed by atoms with Crippen molar-refractivity contribution in [1.29, 1.82) is 0 Å². The van der Waals surface area contributed by atoms with Gasteiger partial charge >= 0.3 is 0 Å². The van der Waals surface area contributed by atoms with E-state index in [0.717, 1.165) is 30.7 Å². The van der Waals surface area contributed by atoms with Crippen LogP contribution in [-0.4, -0.2) is 23.3 Å². The summed E-state index contributed by atoms with van der Waals surface area (Å²) in [5, 5.41) is 8.42. The smallest absolute Gasteiger partial charge is 0.151 e. The molecule has 1 aliphatic rings. The third-order valence-electron chi connectivity index (χ3n) is 3.11. The molecule has 82 valence electrons. The van der Waals surface area contributed by atoms with Crippen LogP contribution in [0.5, 0.6) is 0 Å². The van der Waals surface area contributed by atoms with E-state index >= 15 is 0 Å². The molecule has 0 saturated carbocycles. The highest BCUT2D eigenvalue weighted by Gasteiger charge is 2.25. The molecule has 0 aromatic carbocycles. The molecule has 3 nitrogen and oxygen atoms in total. The van der Waals surface area contributed by atoms with E-state index in [2.05, 4.69) is 28.9 Å². The van der Waals surface area contributed by atoms with Crippen LogP contribution in [0.25, 0.3) is 0 Å². The van der Waals surface area contributed by atoms with Crippen molar-refractivity contribution in [2.24, 2.45) is 11.8 Å². The fourth-order valence-corrected chi connectivity index (χ4v) is 2.12. The summed E-state index contributed by atoms with van der Waals surface area (Å²) in [6.45, 7) is 6.73. The lowest BCUT2D eigenvalue weighted by Gasteiger charge is -2.18. The number of hydrogen-bond acceptors (Lipinski definition) is 3. The normalized spacial score (nSPS) is 21.3. The Morgan fingerprint density at radius 3 is 2.73 bits per heavy atom. The van der Waals surface area contributed by atoms with Crippen LogP contribution in [0.15, 0.2) is 12.1 Å². The first-order valence-corrected chi connectivity index (χ1v) is 5.79. The third-order valence-corrected chi connectivity index (χ3v) is 3.31. The van der Waals surface area contributed by atoms with E-state index in [0.29, 0.717) is 5.15 Å². The first kappa shape index (κ1) is 10.7. The van der Waals surface area contributed by atoms with E-state index in [9.17, 15) is 0 Å². The second-order valence-corrected chi connectivity index (χ2v) is 4.84. The molecule has 1 aliphatic heterocycles. The van der Waals surface area contributed by atoms with Crippen LogP contribution in [0.3, 0.4) is 0 Å². The van der Waals surface area contributed by atoms with E-state index in [1.807, 2.05) is 6.07 Å². The lowest BCUT2D eigenvalue weighted by molar-refractivity contribution is 0.422. The summed E-state index contributed by atoms with van der Waals surface area (Å²) in [4.78, 5) is 2.29. The van der Waals surface area contributed by atoms with Crippen molar-refractivity contribution < 1.29 is 0 Å². The molecule has 2 heterocycles. The van der Waals surface area contributed by atoms with Crippen LogP contribution >= 0.6 is 11.6 Å². The van der Waals surface area contributed by atoms with Crippen LogP contribution in [0.4, 0.5) is 5.82 Å². The number of anilines is 1. The zero-order valence-electron chi connectivity index (χ0n) is 9.15. The SMILES string of the molecule is CC(C)[C@H]1CCN(c2ccc(Cl)nn2)C1. The molecule has 0 amide bonds. The van der Waals surface area contributed by atoms with Crippen molar-refractivity contribution in [3.63, 3.8) is 0 Å². The Kier molecular flexibility index (Phi) is 3.10. The lowest BCUT2D eigenvalue weighted by Crippen LogP contribution is -2.22. The molecule has 0 radical (unpaired) electrons. The van der Waals surface area contributed by atoms with Gasteiger partial charge in [-0.3, -0.25) is 0 Å². The summed E-state index contributed by atoms with van der Waals surface area (Å²) in [7, 11) is 0. The summed E-state index contributed by atoms with van der Waals surface area (Å²) in [5.41, 5.74) is 0. The van der Waals surface area contributed by atoms with Gasteiger partial charge in [0.1, 0.15) is 0 Å². The monoisotopic (exact) mass is 225 g/mol. The number of aromatic nitrogens is 2. The number of halogens is 1. The predicted octanol–water partition coefficient (Wildman–Crippen LogP) is 2.61. The van der Waals surface area contributed by atoms with Crippen molar-refractivity contribution in [1.82, 2.24) is 10.2 Å². The van der Waals surface area contributed by atoms with Gasteiger partial charge in [0.2, 0.25) is 0 Å². The molecular formula is C11H16ClN3. The summed E-state index contributed by atoms with van der Waals surface area (Å²) < 4.78 is 0. The van der Waals surface area contributed by atoms with Gasteiger partial charge in [0.25, 0.3) is 0 Å². The summed E-state index contributed by atoms with van der Waals surface area (Å²) in [6, 6.07) is 3.74. The molecule has 1 atom stereocenters. The van der Waals surface area contributed by atoms with Gasteiger partial charge in [-0.25, -0.2) is 0 Å². The largest absolute Gasteiger partial charge is 0.355 e. The van der Waals surface area contributed by atoms with Crippen molar-refractivity contribution >= 4 is 17.4 Å². The maximum absolute atomic E-state index is 5.71. The van der Waals surface area contributed by atoms with E-state index in [4.69, 9.17) is 11.6 Å². The van der Waals surface area contributed by atoms with Gasteiger partial charge in [-0.05, 0) is 30.4 Å². The van der Waals surface area contributed by atoms with Crippen molar-refractivity contribution in [2.45, 2.75) is 20.3 Å². The molecule has 4 heteroatoms. The maximum atomic E-state index is 5.71. The Hall–Kier alpha value is -0.830. The summed E-state index contributed by atoms with van der Waals surface area (Å²) >= 11 is 5.71. The molecule has 1 fully saturated rings.